The maximum atomic E-state index is 12.2. The average molecular weight is 231 g/mol. The zero-order valence-electron chi connectivity index (χ0n) is 9.51. The van der Waals surface area contributed by atoms with Gasteiger partial charge in [-0.3, -0.25) is 4.79 Å². The SMILES string of the molecule is CN1C(=O)N(N)C(=O)C12Cc1ccccc1C2. The van der Waals surface area contributed by atoms with E-state index in [1.165, 1.54) is 4.90 Å². The summed E-state index contributed by atoms with van der Waals surface area (Å²) in [6, 6.07) is 7.45. The highest BCUT2D eigenvalue weighted by atomic mass is 16.2. The number of urea groups is 1. The molecule has 1 fully saturated rings. The van der Waals surface area contributed by atoms with E-state index in [2.05, 4.69) is 0 Å². The van der Waals surface area contributed by atoms with Gasteiger partial charge >= 0.3 is 6.03 Å². The molecule has 0 saturated carbocycles. The van der Waals surface area contributed by atoms with Crippen molar-refractivity contribution >= 4 is 11.9 Å². The molecule has 0 atom stereocenters. The fourth-order valence-electron chi connectivity index (χ4n) is 2.78. The Morgan fingerprint density at radius 1 is 1.18 bits per heavy atom. The summed E-state index contributed by atoms with van der Waals surface area (Å²) in [7, 11) is 1.64. The van der Waals surface area contributed by atoms with E-state index in [-0.39, 0.29) is 5.91 Å². The minimum atomic E-state index is -0.796. The van der Waals surface area contributed by atoms with E-state index in [9.17, 15) is 9.59 Å². The molecule has 1 aromatic rings. The third kappa shape index (κ3) is 1.12. The third-order valence-electron chi connectivity index (χ3n) is 3.84. The molecule has 3 amide bonds. The van der Waals surface area contributed by atoms with Gasteiger partial charge in [-0.1, -0.05) is 24.3 Å². The molecule has 1 heterocycles. The number of benzene rings is 1. The second-order valence-corrected chi connectivity index (χ2v) is 4.67. The highest BCUT2D eigenvalue weighted by Gasteiger charge is 2.57. The van der Waals surface area contributed by atoms with Gasteiger partial charge in [-0.25, -0.2) is 10.6 Å². The van der Waals surface area contributed by atoms with E-state index in [1.54, 1.807) is 7.05 Å². The quantitative estimate of drug-likeness (QED) is 0.396. The van der Waals surface area contributed by atoms with E-state index in [0.717, 1.165) is 16.1 Å². The number of fused-ring (bicyclic) bond motifs is 1. The molecule has 88 valence electrons. The van der Waals surface area contributed by atoms with Crippen LogP contribution >= 0.6 is 0 Å². The Hall–Kier alpha value is -1.88. The normalized spacial score (nSPS) is 21.5. The molecular weight excluding hydrogens is 218 g/mol. The zero-order valence-corrected chi connectivity index (χ0v) is 9.51. The van der Waals surface area contributed by atoms with Gasteiger partial charge in [0.1, 0.15) is 5.54 Å². The zero-order chi connectivity index (χ0) is 12.2. The van der Waals surface area contributed by atoms with E-state index in [0.29, 0.717) is 12.8 Å². The van der Waals surface area contributed by atoms with Crippen LogP contribution in [0.2, 0.25) is 0 Å². The minimum absolute atomic E-state index is 0.304. The topological polar surface area (TPSA) is 66.6 Å². The summed E-state index contributed by atoms with van der Waals surface area (Å²) in [6.07, 6.45) is 1.11. The van der Waals surface area contributed by atoms with Crippen LogP contribution in [0.1, 0.15) is 11.1 Å². The Morgan fingerprint density at radius 3 is 2.12 bits per heavy atom. The van der Waals surface area contributed by atoms with Crippen molar-refractivity contribution in [2.75, 3.05) is 7.05 Å². The number of imide groups is 1. The van der Waals surface area contributed by atoms with Crippen LogP contribution < -0.4 is 5.84 Å². The van der Waals surface area contributed by atoms with E-state index >= 15 is 0 Å². The van der Waals surface area contributed by atoms with Crippen molar-refractivity contribution in [2.24, 2.45) is 5.84 Å². The number of carbonyl (C=O) groups is 2. The molecule has 3 rings (SSSR count). The van der Waals surface area contributed by atoms with E-state index in [1.807, 2.05) is 24.3 Å². The van der Waals surface area contributed by atoms with Gasteiger partial charge in [-0.2, -0.15) is 5.01 Å². The summed E-state index contributed by atoms with van der Waals surface area (Å²) >= 11 is 0. The second-order valence-electron chi connectivity index (χ2n) is 4.67. The maximum Gasteiger partial charge on any atom is 0.342 e. The lowest BCUT2D eigenvalue weighted by Gasteiger charge is -2.27. The molecule has 2 aliphatic rings. The highest BCUT2D eigenvalue weighted by molar-refractivity contribution is 6.07. The number of amides is 3. The van der Waals surface area contributed by atoms with Gasteiger partial charge in [0.25, 0.3) is 5.91 Å². The van der Waals surface area contributed by atoms with Crippen molar-refractivity contribution in [1.29, 1.82) is 0 Å². The standard InChI is InChI=1S/C12H13N3O2/c1-14-11(17)15(13)10(16)12(14)6-8-4-2-3-5-9(8)7-12/h2-5H,6-7,13H2,1H3. The Bertz CT molecular complexity index is 501. The first-order valence-electron chi connectivity index (χ1n) is 5.50. The Kier molecular flexibility index (Phi) is 1.86. The lowest BCUT2D eigenvalue weighted by molar-refractivity contribution is -0.132. The minimum Gasteiger partial charge on any atom is -0.311 e. The molecule has 1 spiro atoms. The molecule has 1 aliphatic carbocycles. The van der Waals surface area contributed by atoms with Crippen molar-refractivity contribution in [2.45, 2.75) is 18.4 Å². The summed E-state index contributed by atoms with van der Waals surface area (Å²) in [4.78, 5) is 25.4. The van der Waals surface area contributed by atoms with Crippen LogP contribution in [0.15, 0.2) is 24.3 Å². The molecular formula is C12H13N3O2. The number of nitrogens with zero attached hydrogens (tertiary/aromatic N) is 2. The maximum absolute atomic E-state index is 12.2. The van der Waals surface area contributed by atoms with Gasteiger partial charge in [0.2, 0.25) is 0 Å². The monoisotopic (exact) mass is 231 g/mol. The lowest BCUT2D eigenvalue weighted by atomic mass is 9.94. The first-order chi connectivity index (χ1) is 8.06. The predicted octanol–water partition coefficient (Wildman–Crippen LogP) is 0.292. The van der Waals surface area contributed by atoms with Gasteiger partial charge in [0, 0.05) is 19.9 Å². The molecule has 1 saturated heterocycles. The fourth-order valence-corrected chi connectivity index (χ4v) is 2.78. The van der Waals surface area contributed by atoms with E-state index < -0.39 is 11.6 Å². The molecule has 17 heavy (non-hydrogen) atoms. The van der Waals surface area contributed by atoms with E-state index in [4.69, 9.17) is 5.84 Å². The first kappa shape index (κ1) is 10.3. The average Bonchev–Trinajstić information content (AvgIpc) is 2.80. The van der Waals surface area contributed by atoms with Gasteiger partial charge < -0.3 is 4.90 Å². The summed E-state index contributed by atoms with van der Waals surface area (Å²) in [5, 5.41) is 0.728. The molecule has 1 aromatic carbocycles. The fraction of sp³-hybridized carbons (Fsp3) is 0.333. The number of nitrogens with two attached hydrogens (primary N) is 1. The van der Waals surface area contributed by atoms with Crippen LogP contribution in [0, 0.1) is 0 Å². The summed E-state index contributed by atoms with van der Waals surface area (Å²) in [5.74, 6) is 5.19. The van der Waals surface area contributed by atoms with Crippen LogP contribution in [-0.2, 0) is 17.6 Å². The molecule has 0 unspecified atom stereocenters. The second kappa shape index (κ2) is 3.07. The van der Waals surface area contributed by atoms with Crippen LogP contribution in [0.25, 0.3) is 0 Å². The van der Waals surface area contributed by atoms with Crippen molar-refractivity contribution in [3.05, 3.63) is 35.4 Å². The molecule has 0 bridgehead atoms. The van der Waals surface area contributed by atoms with Crippen molar-refractivity contribution in [3.63, 3.8) is 0 Å². The van der Waals surface area contributed by atoms with Crippen LogP contribution in [0.5, 0.6) is 0 Å². The van der Waals surface area contributed by atoms with Crippen molar-refractivity contribution < 1.29 is 9.59 Å². The number of rotatable bonds is 0. The van der Waals surface area contributed by atoms with Gasteiger partial charge in [-0.05, 0) is 11.1 Å². The van der Waals surface area contributed by atoms with Gasteiger partial charge in [-0.15, -0.1) is 0 Å². The number of hydrogen-bond acceptors (Lipinski definition) is 3. The molecule has 0 radical (unpaired) electrons. The summed E-state index contributed by atoms with van der Waals surface area (Å²) in [5.41, 5.74) is 1.45. The van der Waals surface area contributed by atoms with Crippen LogP contribution in [0.4, 0.5) is 4.79 Å². The highest BCUT2D eigenvalue weighted by Crippen LogP contribution is 2.38. The largest absolute Gasteiger partial charge is 0.342 e. The molecule has 5 nitrogen and oxygen atoms in total. The molecule has 2 N–H and O–H groups in total. The van der Waals surface area contributed by atoms with Crippen LogP contribution in [0.3, 0.4) is 0 Å². The van der Waals surface area contributed by atoms with Gasteiger partial charge in [0.15, 0.2) is 0 Å². The number of hydrazine groups is 1. The third-order valence-corrected chi connectivity index (χ3v) is 3.84. The Morgan fingerprint density at radius 2 is 1.71 bits per heavy atom. The Balaban J connectivity index is 2.07. The first-order valence-corrected chi connectivity index (χ1v) is 5.50. The van der Waals surface area contributed by atoms with Crippen molar-refractivity contribution in [1.82, 2.24) is 9.91 Å². The number of likely N-dealkylation sites (N-methyl/N-ethyl adjacent to an activating group) is 1. The summed E-state index contributed by atoms with van der Waals surface area (Å²) in [6.45, 7) is 0. The predicted molar refractivity (Wildman–Crippen MR) is 60.8 cm³/mol. The number of carbonyl (C=O) groups excluding carboxylic acids is 2. The van der Waals surface area contributed by atoms with Gasteiger partial charge in [0.05, 0.1) is 0 Å². The lowest BCUT2D eigenvalue weighted by Crippen LogP contribution is -2.49. The van der Waals surface area contributed by atoms with Crippen molar-refractivity contribution in [3.8, 4) is 0 Å². The molecule has 0 aromatic heterocycles. The molecule has 1 aliphatic heterocycles. The van der Waals surface area contributed by atoms with Crippen LogP contribution in [-0.4, -0.2) is 34.4 Å². The molecule has 5 heteroatoms. The smallest absolute Gasteiger partial charge is 0.311 e. The number of hydrogen-bond donors (Lipinski definition) is 1. The Labute approximate surface area is 98.8 Å². The summed E-state index contributed by atoms with van der Waals surface area (Å²) < 4.78 is 0.